The molecule has 1 saturated heterocycles. The average Bonchev–Trinajstić information content (AvgIpc) is 2.59. The molecule has 0 spiro atoms. The van der Waals surface area contributed by atoms with Crippen LogP contribution in [0.5, 0.6) is 0 Å². The van der Waals surface area contributed by atoms with Crippen molar-refractivity contribution in [3.8, 4) is 0 Å². The summed E-state index contributed by atoms with van der Waals surface area (Å²) in [4.78, 5) is 4.30. The Morgan fingerprint density at radius 1 is 1.10 bits per heavy atom. The highest BCUT2D eigenvalue weighted by atomic mass is 16.7. The van der Waals surface area contributed by atoms with Gasteiger partial charge in [0.15, 0.2) is 0 Å². The van der Waals surface area contributed by atoms with Crippen molar-refractivity contribution in [1.29, 1.82) is 0 Å². The number of nitrogens with zero attached hydrogens (tertiary/aromatic N) is 1. The minimum atomic E-state index is -0.389. The number of hydrogen-bond acceptors (Lipinski definition) is 4. The van der Waals surface area contributed by atoms with Crippen molar-refractivity contribution >= 4 is 12.6 Å². The standard InChI is InChI=1S/C15H24BNO3/c1-13(2,18-7)11-8-12(10-17-9-11)16-19-14(3,4)15(5,6)20-16/h8-10H,1-7H3. The molecule has 0 bridgehead atoms. The van der Waals surface area contributed by atoms with Crippen LogP contribution in [0.15, 0.2) is 18.5 Å². The van der Waals surface area contributed by atoms with E-state index < -0.39 is 0 Å². The summed E-state index contributed by atoms with van der Waals surface area (Å²) in [7, 11) is 1.31. The van der Waals surface area contributed by atoms with Crippen LogP contribution in [0.3, 0.4) is 0 Å². The summed E-state index contributed by atoms with van der Waals surface area (Å²) in [6, 6.07) is 2.04. The average molecular weight is 277 g/mol. The van der Waals surface area contributed by atoms with Crippen molar-refractivity contribution in [2.75, 3.05) is 7.11 Å². The van der Waals surface area contributed by atoms with Gasteiger partial charge in [-0.3, -0.25) is 4.98 Å². The quantitative estimate of drug-likeness (QED) is 0.795. The third-order valence-corrected chi connectivity index (χ3v) is 4.49. The maximum Gasteiger partial charge on any atom is 0.496 e. The Morgan fingerprint density at radius 3 is 2.15 bits per heavy atom. The molecular formula is C15H24BNO3. The van der Waals surface area contributed by atoms with Crippen LogP contribution in [0.25, 0.3) is 0 Å². The lowest BCUT2D eigenvalue weighted by Gasteiger charge is -2.32. The molecule has 0 radical (unpaired) electrons. The maximum absolute atomic E-state index is 6.05. The fourth-order valence-corrected chi connectivity index (χ4v) is 2.01. The van der Waals surface area contributed by atoms with Crippen molar-refractivity contribution in [3.05, 3.63) is 24.0 Å². The van der Waals surface area contributed by atoms with Crippen LogP contribution in [0.1, 0.15) is 47.1 Å². The Kier molecular flexibility index (Phi) is 3.74. The number of hydrogen-bond donors (Lipinski definition) is 0. The van der Waals surface area contributed by atoms with E-state index in [0.29, 0.717) is 0 Å². The lowest BCUT2D eigenvalue weighted by Crippen LogP contribution is -2.41. The molecule has 1 aliphatic heterocycles. The van der Waals surface area contributed by atoms with Gasteiger partial charge < -0.3 is 14.0 Å². The molecule has 4 nitrogen and oxygen atoms in total. The number of pyridine rings is 1. The molecule has 0 aromatic carbocycles. The predicted octanol–water partition coefficient (Wildman–Crippen LogP) is 2.26. The number of methoxy groups -OCH3 is 1. The first kappa shape index (κ1) is 15.5. The summed E-state index contributed by atoms with van der Waals surface area (Å²) >= 11 is 0. The van der Waals surface area contributed by atoms with E-state index in [9.17, 15) is 0 Å². The van der Waals surface area contributed by atoms with Gasteiger partial charge in [-0.15, -0.1) is 0 Å². The fourth-order valence-electron chi connectivity index (χ4n) is 2.01. The highest BCUT2D eigenvalue weighted by molar-refractivity contribution is 6.62. The van der Waals surface area contributed by atoms with Crippen LogP contribution in [0, 0.1) is 0 Å². The van der Waals surface area contributed by atoms with E-state index in [1.807, 2.05) is 53.8 Å². The zero-order valence-corrected chi connectivity index (χ0v) is 13.5. The Morgan fingerprint density at radius 2 is 1.65 bits per heavy atom. The molecule has 0 saturated carbocycles. The summed E-state index contributed by atoms with van der Waals surface area (Å²) < 4.78 is 17.6. The SMILES string of the molecule is COC(C)(C)c1cncc(B2OC(C)(C)C(C)(C)O2)c1. The molecule has 20 heavy (non-hydrogen) atoms. The van der Waals surface area contributed by atoms with Crippen molar-refractivity contribution in [2.24, 2.45) is 0 Å². The Bertz CT molecular complexity index is 484. The van der Waals surface area contributed by atoms with Crippen LogP contribution < -0.4 is 5.46 Å². The molecule has 1 aromatic heterocycles. The normalized spacial score (nSPS) is 21.2. The molecule has 5 heteroatoms. The second kappa shape index (κ2) is 4.83. The molecule has 1 aromatic rings. The van der Waals surface area contributed by atoms with Gasteiger partial charge in [-0.2, -0.15) is 0 Å². The van der Waals surface area contributed by atoms with Crippen LogP contribution in [0.4, 0.5) is 0 Å². The number of ether oxygens (including phenoxy) is 1. The Labute approximate surface area is 122 Å². The molecular weight excluding hydrogens is 253 g/mol. The second-order valence-electron chi connectivity index (χ2n) is 6.81. The van der Waals surface area contributed by atoms with Gasteiger partial charge >= 0.3 is 7.12 Å². The van der Waals surface area contributed by atoms with Crippen molar-refractivity contribution in [2.45, 2.75) is 58.3 Å². The lowest BCUT2D eigenvalue weighted by molar-refractivity contribution is 0.00578. The number of aromatic nitrogens is 1. The first-order chi connectivity index (χ1) is 9.09. The van der Waals surface area contributed by atoms with Gasteiger partial charge in [0.25, 0.3) is 0 Å². The van der Waals surface area contributed by atoms with Gasteiger partial charge in [0.05, 0.1) is 16.8 Å². The summed E-state index contributed by atoms with van der Waals surface area (Å²) in [5.74, 6) is 0. The molecule has 2 heterocycles. The lowest BCUT2D eigenvalue weighted by atomic mass is 9.78. The van der Waals surface area contributed by atoms with Crippen LogP contribution in [0.2, 0.25) is 0 Å². The predicted molar refractivity (Wildman–Crippen MR) is 80.0 cm³/mol. The van der Waals surface area contributed by atoms with Gasteiger partial charge in [0.2, 0.25) is 0 Å². The highest BCUT2D eigenvalue weighted by Gasteiger charge is 2.51. The molecule has 0 aliphatic carbocycles. The summed E-state index contributed by atoms with van der Waals surface area (Å²) in [5.41, 5.74) is 0.861. The fraction of sp³-hybridized carbons (Fsp3) is 0.667. The van der Waals surface area contributed by atoms with Gasteiger partial charge in [-0.05, 0) is 41.5 Å². The maximum atomic E-state index is 6.05. The smallest absolute Gasteiger partial charge is 0.399 e. The zero-order valence-electron chi connectivity index (χ0n) is 13.5. The van der Waals surface area contributed by atoms with Gasteiger partial charge in [-0.1, -0.05) is 6.07 Å². The molecule has 0 amide bonds. The van der Waals surface area contributed by atoms with E-state index in [0.717, 1.165) is 11.0 Å². The van der Waals surface area contributed by atoms with E-state index in [1.54, 1.807) is 13.3 Å². The van der Waals surface area contributed by atoms with E-state index >= 15 is 0 Å². The summed E-state index contributed by atoms with van der Waals surface area (Å²) in [5, 5.41) is 0. The molecule has 1 aliphatic rings. The highest BCUT2D eigenvalue weighted by Crippen LogP contribution is 2.36. The van der Waals surface area contributed by atoms with Crippen molar-refractivity contribution < 1.29 is 14.0 Å². The molecule has 0 unspecified atom stereocenters. The molecule has 2 rings (SSSR count). The molecule has 1 fully saturated rings. The van der Waals surface area contributed by atoms with E-state index in [2.05, 4.69) is 4.98 Å². The number of rotatable bonds is 3. The van der Waals surface area contributed by atoms with Gasteiger partial charge in [0, 0.05) is 30.5 Å². The van der Waals surface area contributed by atoms with Crippen LogP contribution in [-0.4, -0.2) is 30.4 Å². The third-order valence-electron chi connectivity index (χ3n) is 4.49. The van der Waals surface area contributed by atoms with Crippen molar-refractivity contribution in [3.63, 3.8) is 0 Å². The van der Waals surface area contributed by atoms with Gasteiger partial charge in [-0.25, -0.2) is 0 Å². The largest absolute Gasteiger partial charge is 0.496 e. The minimum absolute atomic E-state index is 0.343. The second-order valence-corrected chi connectivity index (χ2v) is 6.81. The van der Waals surface area contributed by atoms with E-state index in [-0.39, 0.29) is 23.9 Å². The summed E-state index contributed by atoms with van der Waals surface area (Å²) in [6.45, 7) is 12.2. The first-order valence-electron chi connectivity index (χ1n) is 6.95. The van der Waals surface area contributed by atoms with Crippen LogP contribution >= 0.6 is 0 Å². The molecule has 110 valence electrons. The first-order valence-corrected chi connectivity index (χ1v) is 6.95. The topological polar surface area (TPSA) is 40.6 Å². The Hall–Kier alpha value is -0.905. The van der Waals surface area contributed by atoms with Gasteiger partial charge in [0.1, 0.15) is 0 Å². The third kappa shape index (κ3) is 2.62. The monoisotopic (exact) mass is 277 g/mol. The minimum Gasteiger partial charge on any atom is -0.399 e. The van der Waals surface area contributed by atoms with E-state index in [1.165, 1.54) is 0 Å². The molecule has 0 atom stereocenters. The zero-order chi connectivity index (χ0) is 15.2. The molecule has 0 N–H and O–H groups in total. The van der Waals surface area contributed by atoms with Crippen LogP contribution in [-0.2, 0) is 19.6 Å². The summed E-state index contributed by atoms with van der Waals surface area (Å²) in [6.07, 6.45) is 3.61. The Balaban J connectivity index is 2.30. The van der Waals surface area contributed by atoms with Crippen molar-refractivity contribution in [1.82, 2.24) is 4.98 Å². The van der Waals surface area contributed by atoms with E-state index in [4.69, 9.17) is 14.0 Å².